The van der Waals surface area contributed by atoms with Gasteiger partial charge in [0.1, 0.15) is 0 Å². The van der Waals surface area contributed by atoms with Crippen molar-refractivity contribution in [2.75, 3.05) is 30.8 Å². The standard InChI is InChI=1S/C20H18F6N2O3S/c1-32(30,31)17-4-2-3-15(18(17)20(24,25)26)16-11-27(12-29)9-10-28(16)14-7-5-13(6-8-14)19(21,22)23/h2-8,12,16H,9-11H2,1H3. The van der Waals surface area contributed by atoms with Crippen LogP contribution >= 0.6 is 0 Å². The van der Waals surface area contributed by atoms with E-state index < -0.39 is 44.3 Å². The van der Waals surface area contributed by atoms with Crippen LogP contribution in [0.5, 0.6) is 0 Å². The number of hydrogen-bond donors (Lipinski definition) is 0. The Morgan fingerprint density at radius 3 is 2.06 bits per heavy atom. The molecule has 1 amide bonds. The van der Waals surface area contributed by atoms with Gasteiger partial charge in [0.25, 0.3) is 0 Å². The highest BCUT2D eigenvalue weighted by atomic mass is 32.2. The quantitative estimate of drug-likeness (QED) is 0.488. The van der Waals surface area contributed by atoms with Gasteiger partial charge < -0.3 is 9.80 Å². The second-order valence-corrected chi connectivity index (χ2v) is 9.33. The predicted octanol–water partition coefficient (Wildman–Crippen LogP) is 4.15. The first-order valence-electron chi connectivity index (χ1n) is 9.27. The Kier molecular flexibility index (Phi) is 6.20. The van der Waals surface area contributed by atoms with Gasteiger partial charge in [0, 0.05) is 31.6 Å². The maximum atomic E-state index is 14.0. The monoisotopic (exact) mass is 480 g/mol. The van der Waals surface area contributed by atoms with Crippen molar-refractivity contribution in [3.63, 3.8) is 0 Å². The maximum absolute atomic E-state index is 14.0. The summed E-state index contributed by atoms with van der Waals surface area (Å²) in [7, 11) is -4.25. The summed E-state index contributed by atoms with van der Waals surface area (Å²) in [6.45, 7) is -0.0376. The summed E-state index contributed by atoms with van der Waals surface area (Å²) >= 11 is 0. The Hall–Kier alpha value is -2.76. The van der Waals surface area contributed by atoms with E-state index in [1.54, 1.807) is 0 Å². The van der Waals surface area contributed by atoms with Crippen LogP contribution in [0.15, 0.2) is 47.4 Å². The molecule has 0 saturated carbocycles. The third-order valence-electron chi connectivity index (χ3n) is 5.19. The molecular formula is C20H18F6N2O3S. The zero-order chi connectivity index (χ0) is 23.9. The molecule has 0 bridgehead atoms. The van der Waals surface area contributed by atoms with Gasteiger partial charge in [-0.05, 0) is 35.9 Å². The van der Waals surface area contributed by atoms with Crippen molar-refractivity contribution in [2.24, 2.45) is 0 Å². The van der Waals surface area contributed by atoms with E-state index in [-0.39, 0.29) is 30.9 Å². The highest BCUT2D eigenvalue weighted by Crippen LogP contribution is 2.42. The summed E-state index contributed by atoms with van der Waals surface area (Å²) in [6.07, 6.45) is -8.48. The predicted molar refractivity (Wildman–Crippen MR) is 104 cm³/mol. The largest absolute Gasteiger partial charge is 0.418 e. The molecule has 0 N–H and O–H groups in total. The molecule has 1 heterocycles. The number of halogens is 6. The van der Waals surface area contributed by atoms with Crippen LogP contribution in [0.25, 0.3) is 0 Å². The van der Waals surface area contributed by atoms with E-state index in [2.05, 4.69) is 0 Å². The molecule has 0 radical (unpaired) electrons. The number of alkyl halides is 6. The van der Waals surface area contributed by atoms with Crippen molar-refractivity contribution in [1.82, 2.24) is 4.90 Å². The van der Waals surface area contributed by atoms with Crippen LogP contribution in [0.4, 0.5) is 32.0 Å². The lowest BCUT2D eigenvalue weighted by Gasteiger charge is -2.42. The van der Waals surface area contributed by atoms with E-state index in [1.807, 2.05) is 0 Å². The minimum absolute atomic E-state index is 0.0369. The number of carbonyl (C=O) groups is 1. The topological polar surface area (TPSA) is 57.7 Å². The SMILES string of the molecule is CS(=O)(=O)c1cccc(C2CN(C=O)CCN2c2ccc(C(F)(F)F)cc2)c1C(F)(F)F. The smallest absolute Gasteiger partial charge is 0.361 e. The van der Waals surface area contributed by atoms with Gasteiger partial charge in [0.15, 0.2) is 9.84 Å². The molecule has 0 spiro atoms. The van der Waals surface area contributed by atoms with E-state index >= 15 is 0 Å². The molecule has 3 rings (SSSR count). The van der Waals surface area contributed by atoms with Crippen molar-refractivity contribution in [2.45, 2.75) is 23.3 Å². The minimum atomic E-state index is -5.02. The van der Waals surface area contributed by atoms with Gasteiger partial charge in [-0.1, -0.05) is 12.1 Å². The molecule has 1 aliphatic rings. The van der Waals surface area contributed by atoms with E-state index in [1.165, 1.54) is 15.9 Å². The van der Waals surface area contributed by atoms with E-state index in [0.717, 1.165) is 36.4 Å². The third-order valence-corrected chi connectivity index (χ3v) is 6.33. The van der Waals surface area contributed by atoms with Gasteiger partial charge in [-0.2, -0.15) is 26.3 Å². The van der Waals surface area contributed by atoms with Crippen molar-refractivity contribution in [3.05, 3.63) is 59.2 Å². The molecular weight excluding hydrogens is 462 g/mol. The normalized spacial score (nSPS) is 18.0. The maximum Gasteiger partial charge on any atom is 0.418 e. The number of rotatable bonds is 4. The van der Waals surface area contributed by atoms with Gasteiger partial charge in [-0.3, -0.25) is 4.79 Å². The molecule has 0 aromatic heterocycles. The first-order valence-corrected chi connectivity index (χ1v) is 11.2. The summed E-state index contributed by atoms with van der Waals surface area (Å²) in [5, 5.41) is 0. The number of sulfone groups is 1. The zero-order valence-corrected chi connectivity index (χ0v) is 17.4. The highest BCUT2D eigenvalue weighted by molar-refractivity contribution is 7.90. The van der Waals surface area contributed by atoms with E-state index in [0.29, 0.717) is 12.7 Å². The molecule has 32 heavy (non-hydrogen) atoms. The second-order valence-electron chi connectivity index (χ2n) is 7.34. The molecule has 1 saturated heterocycles. The van der Waals surface area contributed by atoms with Crippen LogP contribution in [-0.2, 0) is 27.0 Å². The molecule has 2 aromatic rings. The van der Waals surface area contributed by atoms with Gasteiger partial charge in [0.2, 0.25) is 6.41 Å². The van der Waals surface area contributed by atoms with Crippen LogP contribution in [-0.4, -0.2) is 45.6 Å². The fraction of sp³-hybridized carbons (Fsp3) is 0.350. The summed E-state index contributed by atoms with van der Waals surface area (Å²) < 4.78 is 105. The Labute approximate surface area is 180 Å². The van der Waals surface area contributed by atoms with Crippen molar-refractivity contribution < 1.29 is 39.6 Å². The number of carbonyl (C=O) groups excluding carboxylic acids is 1. The number of nitrogens with zero attached hydrogens (tertiary/aromatic N) is 2. The first-order chi connectivity index (χ1) is 14.7. The minimum Gasteiger partial charge on any atom is -0.361 e. The average Bonchev–Trinajstić information content (AvgIpc) is 2.71. The Balaban J connectivity index is 2.17. The van der Waals surface area contributed by atoms with E-state index in [9.17, 15) is 39.6 Å². The van der Waals surface area contributed by atoms with Crippen LogP contribution in [0.1, 0.15) is 22.7 Å². The van der Waals surface area contributed by atoms with Gasteiger partial charge >= 0.3 is 12.4 Å². The number of hydrogen-bond acceptors (Lipinski definition) is 4. The molecule has 5 nitrogen and oxygen atoms in total. The van der Waals surface area contributed by atoms with Gasteiger partial charge in [-0.15, -0.1) is 0 Å². The highest BCUT2D eigenvalue weighted by Gasteiger charge is 2.42. The number of benzene rings is 2. The van der Waals surface area contributed by atoms with Crippen molar-refractivity contribution >= 4 is 21.9 Å². The lowest BCUT2D eigenvalue weighted by molar-refractivity contribution is -0.141. The molecule has 1 atom stereocenters. The summed E-state index contributed by atoms with van der Waals surface area (Å²) in [4.78, 5) is 13.1. The molecule has 1 aliphatic heterocycles. The molecule has 174 valence electrons. The van der Waals surface area contributed by atoms with Crippen molar-refractivity contribution in [1.29, 1.82) is 0 Å². The summed E-state index contributed by atoms with van der Waals surface area (Å²) in [5.74, 6) is 0. The third kappa shape index (κ3) is 4.84. The van der Waals surface area contributed by atoms with Gasteiger partial charge in [-0.25, -0.2) is 8.42 Å². The lowest BCUT2D eigenvalue weighted by Crippen LogP contribution is -2.48. The van der Waals surface area contributed by atoms with Gasteiger partial charge in [0.05, 0.1) is 22.1 Å². The average molecular weight is 480 g/mol. The first kappa shape index (κ1) is 23.9. The Morgan fingerprint density at radius 1 is 0.938 bits per heavy atom. The second kappa shape index (κ2) is 8.30. The fourth-order valence-corrected chi connectivity index (χ4v) is 4.69. The van der Waals surface area contributed by atoms with Crippen LogP contribution < -0.4 is 4.90 Å². The van der Waals surface area contributed by atoms with Crippen molar-refractivity contribution in [3.8, 4) is 0 Å². The molecule has 2 aromatic carbocycles. The Morgan fingerprint density at radius 2 is 1.56 bits per heavy atom. The summed E-state index contributed by atoms with van der Waals surface area (Å²) in [5.41, 5.74) is -2.44. The van der Waals surface area contributed by atoms with Crippen LogP contribution in [0.3, 0.4) is 0 Å². The van der Waals surface area contributed by atoms with Crippen LogP contribution in [0.2, 0.25) is 0 Å². The molecule has 1 fully saturated rings. The number of amides is 1. The lowest BCUT2D eigenvalue weighted by atomic mass is 9.95. The fourth-order valence-electron chi connectivity index (χ4n) is 3.76. The number of anilines is 1. The Bertz CT molecular complexity index is 1100. The molecule has 1 unspecified atom stereocenters. The number of piperazine rings is 1. The molecule has 0 aliphatic carbocycles. The zero-order valence-electron chi connectivity index (χ0n) is 16.6. The summed E-state index contributed by atoms with van der Waals surface area (Å²) in [6, 6.07) is 5.92. The molecule has 12 heteroatoms. The van der Waals surface area contributed by atoms with Crippen LogP contribution in [0, 0.1) is 0 Å². The van der Waals surface area contributed by atoms with E-state index in [4.69, 9.17) is 0 Å².